The maximum Gasteiger partial charge on any atom is 0.230 e. The lowest BCUT2D eigenvalue weighted by Crippen LogP contribution is -2.38. The van der Waals surface area contributed by atoms with E-state index >= 15 is 0 Å². The molecule has 1 aliphatic rings. The Bertz CT molecular complexity index is 241. The number of carbonyl (C=O) groups is 1. The molecule has 3 nitrogen and oxygen atoms in total. The van der Waals surface area contributed by atoms with E-state index in [1.165, 1.54) is 24.6 Å². The molecule has 0 aromatic heterocycles. The number of hydrogen-bond donors (Lipinski definition) is 1. The summed E-state index contributed by atoms with van der Waals surface area (Å²) in [5, 5.41) is 11.4. The number of carbonyl (C=O) groups excluding carboxylic acids is 1. The van der Waals surface area contributed by atoms with Crippen molar-refractivity contribution in [2.75, 3.05) is 11.5 Å². The second kappa shape index (κ2) is 6.73. The lowest BCUT2D eigenvalue weighted by Gasteiger charge is -2.26. The smallest absolute Gasteiger partial charge is 0.230 e. The second-order valence-electron chi connectivity index (χ2n) is 4.18. The Morgan fingerprint density at radius 3 is 2.73 bits per heavy atom. The summed E-state index contributed by atoms with van der Waals surface area (Å²) >= 11 is 1.38. The van der Waals surface area contributed by atoms with E-state index in [4.69, 9.17) is 5.26 Å². The highest BCUT2D eigenvalue weighted by Gasteiger charge is 2.19. The van der Waals surface area contributed by atoms with Crippen molar-refractivity contribution in [1.82, 2.24) is 5.32 Å². The highest BCUT2D eigenvalue weighted by atomic mass is 32.2. The SMILES string of the molecule is CC1CCC(NC(=O)CSCC#N)CC1. The lowest BCUT2D eigenvalue weighted by molar-refractivity contribution is -0.119. The zero-order valence-electron chi connectivity index (χ0n) is 9.16. The average molecular weight is 226 g/mol. The van der Waals surface area contributed by atoms with Gasteiger partial charge in [0.15, 0.2) is 0 Å². The van der Waals surface area contributed by atoms with E-state index in [1.807, 2.05) is 6.07 Å². The lowest BCUT2D eigenvalue weighted by atomic mass is 9.87. The summed E-state index contributed by atoms with van der Waals surface area (Å²) in [5.41, 5.74) is 0. The predicted octanol–water partition coefficient (Wildman–Crippen LogP) is 1.94. The van der Waals surface area contributed by atoms with Crippen LogP contribution in [0.15, 0.2) is 0 Å². The number of nitrogens with one attached hydrogen (secondary N) is 1. The maximum absolute atomic E-state index is 11.4. The Morgan fingerprint density at radius 1 is 1.47 bits per heavy atom. The number of rotatable bonds is 4. The maximum atomic E-state index is 11.4. The fourth-order valence-electron chi connectivity index (χ4n) is 1.86. The summed E-state index contributed by atoms with van der Waals surface area (Å²) in [7, 11) is 0. The summed E-state index contributed by atoms with van der Waals surface area (Å²) < 4.78 is 0. The van der Waals surface area contributed by atoms with Gasteiger partial charge in [-0.25, -0.2) is 0 Å². The van der Waals surface area contributed by atoms with E-state index in [0.29, 0.717) is 17.5 Å². The molecular weight excluding hydrogens is 208 g/mol. The first-order valence-corrected chi connectivity index (χ1v) is 6.62. The van der Waals surface area contributed by atoms with E-state index in [9.17, 15) is 4.79 Å². The van der Waals surface area contributed by atoms with Crippen LogP contribution in [0.1, 0.15) is 32.6 Å². The van der Waals surface area contributed by atoms with E-state index in [1.54, 1.807) is 0 Å². The zero-order chi connectivity index (χ0) is 11.1. The van der Waals surface area contributed by atoms with Gasteiger partial charge in [0.2, 0.25) is 5.91 Å². The number of thioether (sulfide) groups is 1. The topological polar surface area (TPSA) is 52.9 Å². The van der Waals surface area contributed by atoms with Gasteiger partial charge in [0.05, 0.1) is 17.6 Å². The van der Waals surface area contributed by atoms with Crippen molar-refractivity contribution >= 4 is 17.7 Å². The molecule has 1 aliphatic carbocycles. The molecule has 0 heterocycles. The third-order valence-electron chi connectivity index (χ3n) is 2.78. The number of nitrogens with zero attached hydrogens (tertiary/aromatic N) is 1. The normalized spacial score (nSPS) is 25.6. The van der Waals surface area contributed by atoms with E-state index in [0.717, 1.165) is 18.8 Å². The van der Waals surface area contributed by atoms with Crippen LogP contribution in [-0.4, -0.2) is 23.5 Å². The molecule has 0 saturated heterocycles. The zero-order valence-corrected chi connectivity index (χ0v) is 9.98. The van der Waals surface area contributed by atoms with E-state index < -0.39 is 0 Å². The molecule has 0 aromatic carbocycles. The molecule has 1 amide bonds. The Balaban J connectivity index is 2.13. The Morgan fingerprint density at radius 2 is 2.13 bits per heavy atom. The monoisotopic (exact) mass is 226 g/mol. The standard InChI is InChI=1S/C11H18N2OS/c1-9-2-4-10(5-3-9)13-11(14)8-15-7-6-12/h9-10H,2-5,7-8H2,1H3,(H,13,14). The Kier molecular flexibility index (Phi) is 5.56. The van der Waals surface area contributed by atoms with Gasteiger partial charge < -0.3 is 5.32 Å². The van der Waals surface area contributed by atoms with Gasteiger partial charge in [-0.3, -0.25) is 4.79 Å². The molecular formula is C11H18N2OS. The van der Waals surface area contributed by atoms with Gasteiger partial charge in [0, 0.05) is 6.04 Å². The molecule has 84 valence electrons. The summed E-state index contributed by atoms with van der Waals surface area (Å²) in [4.78, 5) is 11.4. The van der Waals surface area contributed by atoms with Crippen LogP contribution in [0.4, 0.5) is 0 Å². The van der Waals surface area contributed by atoms with E-state index in [-0.39, 0.29) is 5.91 Å². The molecule has 0 radical (unpaired) electrons. The van der Waals surface area contributed by atoms with Crippen LogP contribution in [0, 0.1) is 17.2 Å². The van der Waals surface area contributed by atoms with Crippen LogP contribution in [-0.2, 0) is 4.79 Å². The van der Waals surface area contributed by atoms with Crippen molar-refractivity contribution in [3.63, 3.8) is 0 Å². The highest BCUT2D eigenvalue weighted by Crippen LogP contribution is 2.23. The van der Waals surface area contributed by atoms with Crippen molar-refractivity contribution in [3.8, 4) is 6.07 Å². The van der Waals surface area contributed by atoms with Crippen LogP contribution >= 0.6 is 11.8 Å². The van der Waals surface area contributed by atoms with Crippen molar-refractivity contribution in [1.29, 1.82) is 5.26 Å². The number of amides is 1. The third kappa shape index (κ3) is 5.08. The Hall–Kier alpha value is -0.690. The molecule has 0 unspecified atom stereocenters. The summed E-state index contributed by atoms with van der Waals surface area (Å²) in [6.07, 6.45) is 4.65. The van der Waals surface area contributed by atoms with Crippen molar-refractivity contribution in [2.45, 2.75) is 38.6 Å². The number of hydrogen-bond acceptors (Lipinski definition) is 3. The van der Waals surface area contributed by atoms with Gasteiger partial charge in [-0.1, -0.05) is 6.92 Å². The molecule has 1 rings (SSSR count). The van der Waals surface area contributed by atoms with Crippen molar-refractivity contribution in [2.24, 2.45) is 5.92 Å². The van der Waals surface area contributed by atoms with Crippen LogP contribution < -0.4 is 5.32 Å². The quantitative estimate of drug-likeness (QED) is 0.745. The molecule has 4 heteroatoms. The van der Waals surface area contributed by atoms with Crippen LogP contribution in [0.25, 0.3) is 0 Å². The molecule has 0 atom stereocenters. The Labute approximate surface area is 95.6 Å². The average Bonchev–Trinajstić information content (AvgIpc) is 2.22. The van der Waals surface area contributed by atoms with Crippen molar-refractivity contribution < 1.29 is 4.79 Å². The van der Waals surface area contributed by atoms with Crippen LogP contribution in [0.2, 0.25) is 0 Å². The minimum Gasteiger partial charge on any atom is -0.353 e. The summed E-state index contributed by atoms with van der Waals surface area (Å²) in [6.45, 7) is 2.26. The second-order valence-corrected chi connectivity index (χ2v) is 5.16. The van der Waals surface area contributed by atoms with Crippen molar-refractivity contribution in [3.05, 3.63) is 0 Å². The van der Waals surface area contributed by atoms with Gasteiger partial charge in [0.1, 0.15) is 0 Å². The van der Waals surface area contributed by atoms with Crippen LogP contribution in [0.5, 0.6) is 0 Å². The molecule has 0 spiro atoms. The summed E-state index contributed by atoms with van der Waals surface area (Å²) in [6, 6.07) is 2.39. The van der Waals surface area contributed by atoms with E-state index in [2.05, 4.69) is 12.2 Å². The first-order chi connectivity index (χ1) is 7.22. The van der Waals surface area contributed by atoms with Crippen LogP contribution in [0.3, 0.4) is 0 Å². The molecule has 0 aromatic rings. The fraction of sp³-hybridized carbons (Fsp3) is 0.818. The van der Waals surface area contributed by atoms with Gasteiger partial charge >= 0.3 is 0 Å². The molecule has 0 bridgehead atoms. The first-order valence-electron chi connectivity index (χ1n) is 5.46. The highest BCUT2D eigenvalue weighted by molar-refractivity contribution is 8.00. The minimum atomic E-state index is 0.0785. The third-order valence-corrected chi connectivity index (χ3v) is 3.58. The molecule has 1 N–H and O–H groups in total. The largest absolute Gasteiger partial charge is 0.353 e. The van der Waals surface area contributed by atoms with Gasteiger partial charge in [-0.15, -0.1) is 11.8 Å². The molecule has 0 aliphatic heterocycles. The predicted molar refractivity (Wildman–Crippen MR) is 62.5 cm³/mol. The fourth-order valence-corrected chi connectivity index (χ4v) is 2.33. The molecule has 1 saturated carbocycles. The summed E-state index contributed by atoms with van der Waals surface area (Å²) in [5.74, 6) is 1.70. The minimum absolute atomic E-state index is 0.0785. The molecule has 15 heavy (non-hydrogen) atoms. The molecule has 1 fully saturated rings. The first kappa shape index (κ1) is 12.4. The van der Waals surface area contributed by atoms with Gasteiger partial charge in [-0.2, -0.15) is 5.26 Å². The number of nitriles is 1. The van der Waals surface area contributed by atoms with Gasteiger partial charge in [0.25, 0.3) is 0 Å². The van der Waals surface area contributed by atoms with Gasteiger partial charge in [-0.05, 0) is 31.6 Å².